The number of unbranched alkanes of at least 4 members (excludes halogenated alkanes) is 1. The summed E-state index contributed by atoms with van der Waals surface area (Å²) in [4.78, 5) is 4.36. The van der Waals surface area contributed by atoms with Crippen LogP contribution < -0.4 is 0 Å². The molecule has 2 aromatic carbocycles. The lowest BCUT2D eigenvalue weighted by Crippen LogP contribution is -2.41. The number of benzene rings is 2. The minimum absolute atomic E-state index is 0.102. The number of hydrogen-bond donors (Lipinski definition) is 0. The van der Waals surface area contributed by atoms with Crippen LogP contribution in [0.1, 0.15) is 30.9 Å². The lowest BCUT2D eigenvalue weighted by molar-refractivity contribution is 0.592. The van der Waals surface area contributed by atoms with Gasteiger partial charge in [0.1, 0.15) is 0 Å². The molecule has 25 heavy (non-hydrogen) atoms. The molecule has 0 unspecified atom stereocenters. The van der Waals surface area contributed by atoms with Crippen molar-refractivity contribution in [3.63, 3.8) is 0 Å². The molecule has 0 spiro atoms. The van der Waals surface area contributed by atoms with Crippen LogP contribution >= 0.6 is 0 Å². The zero-order chi connectivity index (χ0) is 17.4. The van der Waals surface area contributed by atoms with Gasteiger partial charge in [0.2, 0.25) is 0 Å². The van der Waals surface area contributed by atoms with Gasteiger partial charge in [0.15, 0.2) is 0 Å². The van der Waals surface area contributed by atoms with E-state index in [-0.39, 0.29) is 5.16 Å². The predicted octanol–water partition coefficient (Wildman–Crippen LogP) is 4.58. The van der Waals surface area contributed by atoms with Crippen LogP contribution in [0.4, 0.5) is 0 Å². The van der Waals surface area contributed by atoms with Crippen LogP contribution in [0.2, 0.25) is 6.04 Å². The third kappa shape index (κ3) is 3.82. The molecule has 0 fully saturated rings. The topological polar surface area (TPSA) is 17.8 Å². The molecule has 3 rings (SSSR count). The average molecular weight is 347 g/mol. The number of nitrogens with zero attached hydrogens (tertiary/aromatic N) is 2. The van der Waals surface area contributed by atoms with E-state index >= 15 is 0 Å². The lowest BCUT2D eigenvalue weighted by atomic mass is 9.97. The van der Waals surface area contributed by atoms with Crippen molar-refractivity contribution >= 4 is 9.52 Å². The molecule has 1 heterocycles. The summed E-state index contributed by atoms with van der Waals surface area (Å²) in [6.07, 6.45) is 13.1. The SMILES string of the molecule is CCCC=CC[SiH2]C(c1ccccc1)(c1ccccc1)n1ccnc1. The summed E-state index contributed by atoms with van der Waals surface area (Å²) in [5, 5.41) is -0.102. The van der Waals surface area contributed by atoms with Gasteiger partial charge in [-0.2, -0.15) is 0 Å². The lowest BCUT2D eigenvalue weighted by Gasteiger charge is -2.36. The minimum atomic E-state index is -0.539. The third-order valence-corrected chi connectivity index (χ3v) is 7.27. The highest BCUT2D eigenvalue weighted by molar-refractivity contribution is 6.42. The molecule has 2 nitrogen and oxygen atoms in total. The molecule has 0 amide bonds. The van der Waals surface area contributed by atoms with Crippen LogP contribution in [0, 0.1) is 0 Å². The Morgan fingerprint density at radius 3 is 2.12 bits per heavy atom. The van der Waals surface area contributed by atoms with Crippen molar-refractivity contribution in [2.75, 3.05) is 0 Å². The van der Waals surface area contributed by atoms with E-state index in [1.807, 2.05) is 12.5 Å². The second-order valence-electron chi connectivity index (χ2n) is 6.36. The second kappa shape index (κ2) is 8.63. The highest BCUT2D eigenvalue weighted by atomic mass is 28.2. The third-order valence-electron chi connectivity index (χ3n) is 4.74. The molecular formula is C22H26N2Si. The fourth-order valence-electron chi connectivity index (χ4n) is 3.49. The van der Waals surface area contributed by atoms with E-state index in [0.29, 0.717) is 0 Å². The van der Waals surface area contributed by atoms with Crippen molar-refractivity contribution in [1.29, 1.82) is 0 Å². The van der Waals surface area contributed by atoms with E-state index in [1.165, 1.54) is 30.0 Å². The van der Waals surface area contributed by atoms with Crippen molar-refractivity contribution < 1.29 is 0 Å². The summed E-state index contributed by atoms with van der Waals surface area (Å²) in [5.74, 6) is 0. The van der Waals surface area contributed by atoms with Gasteiger partial charge in [0, 0.05) is 12.4 Å². The molecule has 3 heteroatoms. The maximum Gasteiger partial charge on any atom is 0.0953 e. The summed E-state index contributed by atoms with van der Waals surface area (Å²) in [6.45, 7) is 2.23. The molecule has 0 bridgehead atoms. The summed E-state index contributed by atoms with van der Waals surface area (Å²) in [7, 11) is -0.539. The fraction of sp³-hybridized carbons (Fsp3) is 0.227. The molecule has 128 valence electrons. The molecule has 0 radical (unpaired) electrons. The average Bonchev–Trinajstić information content (AvgIpc) is 3.21. The van der Waals surface area contributed by atoms with Gasteiger partial charge in [-0.25, -0.2) is 4.98 Å². The van der Waals surface area contributed by atoms with Gasteiger partial charge in [0.05, 0.1) is 21.0 Å². The first-order valence-corrected chi connectivity index (χ1v) is 10.8. The normalized spacial score (nSPS) is 12.4. The van der Waals surface area contributed by atoms with Crippen LogP contribution in [0.3, 0.4) is 0 Å². The van der Waals surface area contributed by atoms with E-state index in [2.05, 4.69) is 95.5 Å². The van der Waals surface area contributed by atoms with Gasteiger partial charge in [-0.05, 0) is 23.6 Å². The molecule has 1 aromatic heterocycles. The first-order valence-electron chi connectivity index (χ1n) is 9.12. The summed E-state index contributed by atoms with van der Waals surface area (Å²) in [6, 6.07) is 23.0. The molecule has 0 aliphatic rings. The van der Waals surface area contributed by atoms with Crippen LogP contribution in [-0.2, 0) is 5.16 Å². The van der Waals surface area contributed by atoms with Crippen molar-refractivity contribution in [3.8, 4) is 0 Å². The monoisotopic (exact) mass is 346 g/mol. The van der Waals surface area contributed by atoms with Crippen LogP contribution in [-0.4, -0.2) is 19.1 Å². The highest BCUT2D eigenvalue weighted by Crippen LogP contribution is 2.34. The van der Waals surface area contributed by atoms with Crippen molar-refractivity contribution in [3.05, 3.63) is 103 Å². The van der Waals surface area contributed by atoms with E-state index in [9.17, 15) is 0 Å². The maximum absolute atomic E-state index is 4.36. The molecule has 3 aromatic rings. The Morgan fingerprint density at radius 2 is 1.60 bits per heavy atom. The van der Waals surface area contributed by atoms with Crippen LogP contribution in [0.15, 0.2) is 91.5 Å². The molecule has 0 saturated heterocycles. The van der Waals surface area contributed by atoms with Crippen LogP contribution in [0.25, 0.3) is 0 Å². The van der Waals surface area contributed by atoms with Crippen molar-refractivity contribution in [2.45, 2.75) is 31.0 Å². The minimum Gasteiger partial charge on any atom is -0.327 e. The Morgan fingerprint density at radius 1 is 0.960 bits per heavy atom. The Balaban J connectivity index is 2.08. The first-order chi connectivity index (χ1) is 12.4. The Kier molecular flexibility index (Phi) is 6.02. The largest absolute Gasteiger partial charge is 0.327 e. The Labute approximate surface area is 153 Å². The van der Waals surface area contributed by atoms with Gasteiger partial charge >= 0.3 is 0 Å². The summed E-state index contributed by atoms with van der Waals surface area (Å²) >= 11 is 0. The first kappa shape index (κ1) is 17.4. The van der Waals surface area contributed by atoms with E-state index in [1.54, 1.807) is 0 Å². The number of rotatable bonds is 8. The molecule has 0 aliphatic carbocycles. The van der Waals surface area contributed by atoms with E-state index in [4.69, 9.17) is 0 Å². The van der Waals surface area contributed by atoms with Gasteiger partial charge in [0.25, 0.3) is 0 Å². The Hall–Kier alpha value is -2.39. The highest BCUT2D eigenvalue weighted by Gasteiger charge is 2.35. The van der Waals surface area contributed by atoms with Crippen molar-refractivity contribution in [1.82, 2.24) is 9.55 Å². The van der Waals surface area contributed by atoms with Crippen LogP contribution in [0.5, 0.6) is 0 Å². The van der Waals surface area contributed by atoms with Gasteiger partial charge in [-0.3, -0.25) is 0 Å². The molecular weight excluding hydrogens is 320 g/mol. The van der Waals surface area contributed by atoms with Gasteiger partial charge < -0.3 is 4.57 Å². The maximum atomic E-state index is 4.36. The van der Waals surface area contributed by atoms with E-state index < -0.39 is 9.52 Å². The molecule has 0 atom stereocenters. The molecule has 0 N–H and O–H groups in total. The quantitative estimate of drug-likeness (QED) is 0.431. The summed E-state index contributed by atoms with van der Waals surface area (Å²) in [5.41, 5.74) is 2.71. The molecule has 0 saturated carbocycles. The second-order valence-corrected chi connectivity index (χ2v) is 8.46. The number of allylic oxidation sites excluding steroid dienone is 2. The molecule has 0 aliphatic heterocycles. The van der Waals surface area contributed by atoms with Gasteiger partial charge in [-0.1, -0.05) is 86.2 Å². The van der Waals surface area contributed by atoms with Gasteiger partial charge in [-0.15, -0.1) is 0 Å². The fourth-order valence-corrected chi connectivity index (χ4v) is 5.80. The number of aromatic nitrogens is 2. The zero-order valence-corrected chi connectivity index (χ0v) is 16.3. The standard InChI is InChI=1S/C22H26N2Si/c1-2-3-4-11-18-25-22(24-17-16-23-19-24,20-12-7-5-8-13-20)21-14-9-6-10-15-21/h4-17,19H,2-3,18,25H2,1H3. The number of imidazole rings is 1. The smallest absolute Gasteiger partial charge is 0.0953 e. The summed E-state index contributed by atoms with van der Waals surface area (Å²) < 4.78 is 2.32. The van der Waals surface area contributed by atoms with Crippen molar-refractivity contribution in [2.24, 2.45) is 0 Å². The van der Waals surface area contributed by atoms with E-state index in [0.717, 1.165) is 0 Å². The number of hydrogen-bond acceptors (Lipinski definition) is 1. The Bertz CT molecular complexity index is 725. The zero-order valence-electron chi connectivity index (χ0n) is 14.9. The predicted molar refractivity (Wildman–Crippen MR) is 109 cm³/mol.